The van der Waals surface area contributed by atoms with E-state index in [1.54, 1.807) is 0 Å². The number of hydrogen-bond acceptors (Lipinski definition) is 2. The van der Waals surface area contributed by atoms with Crippen molar-refractivity contribution in [1.82, 2.24) is 5.32 Å². The molecule has 5 rings (SSSR count). The zero-order chi connectivity index (χ0) is 16.5. The predicted octanol–water partition coefficient (Wildman–Crippen LogP) is 3.31. The van der Waals surface area contributed by atoms with Gasteiger partial charge in [0.25, 0.3) is 0 Å². The summed E-state index contributed by atoms with van der Waals surface area (Å²) >= 11 is 0. The van der Waals surface area contributed by atoms with E-state index in [0.717, 1.165) is 0 Å². The van der Waals surface area contributed by atoms with Gasteiger partial charge < -0.3 is 0 Å². The summed E-state index contributed by atoms with van der Waals surface area (Å²) in [7, 11) is 0. The fourth-order valence-corrected chi connectivity index (χ4v) is 5.98. The monoisotopic (exact) mass is 311 g/mol. The Morgan fingerprint density at radius 3 is 1.48 bits per heavy atom. The number of carbonyl (C=O) groups is 2. The molecule has 1 aromatic carbocycles. The predicted molar refractivity (Wildman–Crippen MR) is 88.7 cm³/mol. The van der Waals surface area contributed by atoms with Crippen molar-refractivity contribution in [1.29, 1.82) is 0 Å². The van der Waals surface area contributed by atoms with Crippen LogP contribution >= 0.6 is 0 Å². The van der Waals surface area contributed by atoms with Crippen LogP contribution in [0.25, 0.3) is 0 Å². The van der Waals surface area contributed by atoms with E-state index in [9.17, 15) is 9.59 Å². The Hall–Kier alpha value is -1.64. The molecule has 3 aliphatic carbocycles. The smallest absolute Gasteiger partial charge is 0.231 e. The highest BCUT2D eigenvalue weighted by atomic mass is 16.2. The highest BCUT2D eigenvalue weighted by Crippen LogP contribution is 2.65. The van der Waals surface area contributed by atoms with Gasteiger partial charge in [-0.1, -0.05) is 52.0 Å². The lowest BCUT2D eigenvalue weighted by Gasteiger charge is -2.57. The number of benzene rings is 1. The summed E-state index contributed by atoms with van der Waals surface area (Å²) in [4.78, 5) is 25.1. The second-order valence-corrected chi connectivity index (χ2v) is 8.23. The van der Waals surface area contributed by atoms with Crippen LogP contribution in [0, 0.1) is 35.5 Å². The average molecular weight is 311 g/mol. The van der Waals surface area contributed by atoms with Gasteiger partial charge in [-0.3, -0.25) is 14.9 Å². The van der Waals surface area contributed by atoms with Gasteiger partial charge in [-0.05, 0) is 46.6 Å². The number of amides is 2. The topological polar surface area (TPSA) is 46.2 Å². The van der Waals surface area contributed by atoms with Crippen LogP contribution in [-0.4, -0.2) is 11.8 Å². The largest absolute Gasteiger partial charge is 0.296 e. The van der Waals surface area contributed by atoms with Crippen LogP contribution in [0.15, 0.2) is 24.3 Å². The first-order valence-electron chi connectivity index (χ1n) is 8.87. The van der Waals surface area contributed by atoms with Crippen molar-refractivity contribution in [2.75, 3.05) is 0 Å². The minimum Gasteiger partial charge on any atom is -0.296 e. The number of hydrogen-bond donors (Lipinski definition) is 1. The Morgan fingerprint density at radius 1 is 0.739 bits per heavy atom. The summed E-state index contributed by atoms with van der Waals surface area (Å²) in [5.41, 5.74) is 2.64. The molecule has 1 aromatic rings. The van der Waals surface area contributed by atoms with Crippen molar-refractivity contribution in [3.8, 4) is 0 Å². The Morgan fingerprint density at radius 2 is 1.13 bits per heavy atom. The molecule has 4 unspecified atom stereocenters. The fraction of sp³-hybridized carbons (Fsp3) is 0.600. The van der Waals surface area contributed by atoms with Gasteiger partial charge >= 0.3 is 0 Å². The highest BCUT2D eigenvalue weighted by Gasteiger charge is 2.63. The number of nitrogens with one attached hydrogen (secondary N) is 1. The van der Waals surface area contributed by atoms with E-state index in [1.165, 1.54) is 11.1 Å². The second kappa shape index (κ2) is 4.93. The third-order valence-corrected chi connectivity index (χ3v) is 6.54. The van der Waals surface area contributed by atoms with E-state index >= 15 is 0 Å². The lowest BCUT2D eigenvalue weighted by Crippen LogP contribution is -2.52. The SMILES string of the molecule is CC(C)[C@@H]1C2c3ccccc3C(C3C(=O)NC(=O)C32)[C@@H]1C(C)C. The number of rotatable bonds is 2. The molecule has 1 saturated carbocycles. The van der Waals surface area contributed by atoms with E-state index in [1.807, 2.05) is 0 Å². The van der Waals surface area contributed by atoms with Gasteiger partial charge in [0.2, 0.25) is 11.8 Å². The van der Waals surface area contributed by atoms with Crippen LogP contribution < -0.4 is 5.32 Å². The van der Waals surface area contributed by atoms with Gasteiger partial charge in [0, 0.05) is 0 Å². The van der Waals surface area contributed by atoms with Gasteiger partial charge in [-0.25, -0.2) is 0 Å². The molecule has 122 valence electrons. The summed E-state index contributed by atoms with van der Waals surface area (Å²) in [6.07, 6.45) is 0. The first-order valence-corrected chi connectivity index (χ1v) is 8.87. The molecule has 4 aliphatic rings. The molecule has 6 atom stereocenters. The molecule has 0 aromatic heterocycles. The standard InChI is InChI=1S/C20H25NO2/c1-9(2)13-14(10(3)4)16-12-8-6-5-7-11(12)15(13)17-18(16)20(23)21-19(17)22/h5-10,13-18H,1-4H3,(H,21,22,23)/t13-,14+,15?,16?,17?,18?. The number of fused-ring (bicyclic) bond motifs is 1. The fourth-order valence-electron chi connectivity index (χ4n) is 5.98. The Balaban J connectivity index is 1.97. The lowest BCUT2D eigenvalue weighted by atomic mass is 9.45. The first-order chi connectivity index (χ1) is 10.9. The molecule has 3 heteroatoms. The van der Waals surface area contributed by atoms with Crippen molar-refractivity contribution >= 4 is 11.8 Å². The van der Waals surface area contributed by atoms with Crippen molar-refractivity contribution in [3.63, 3.8) is 0 Å². The van der Waals surface area contributed by atoms with Crippen LogP contribution in [-0.2, 0) is 9.59 Å². The normalized spacial score (nSPS) is 38.0. The van der Waals surface area contributed by atoms with E-state index in [4.69, 9.17) is 0 Å². The lowest BCUT2D eigenvalue weighted by molar-refractivity contribution is -0.129. The second-order valence-electron chi connectivity index (χ2n) is 8.23. The zero-order valence-electron chi connectivity index (χ0n) is 14.2. The molecular weight excluding hydrogens is 286 g/mol. The Bertz CT molecular complexity index is 621. The molecular formula is C20H25NO2. The summed E-state index contributed by atoms with van der Waals surface area (Å²) in [5, 5.41) is 2.64. The Labute approximate surface area is 137 Å². The van der Waals surface area contributed by atoms with E-state index < -0.39 is 0 Å². The third-order valence-electron chi connectivity index (χ3n) is 6.54. The molecule has 0 radical (unpaired) electrons. The molecule has 1 N–H and O–H groups in total. The summed E-state index contributed by atoms with van der Waals surface area (Å²) in [6.45, 7) is 9.08. The summed E-state index contributed by atoms with van der Waals surface area (Å²) in [6, 6.07) is 8.52. The minimum atomic E-state index is -0.162. The summed E-state index contributed by atoms with van der Waals surface area (Å²) < 4.78 is 0. The van der Waals surface area contributed by atoms with E-state index in [-0.39, 0.29) is 35.5 Å². The van der Waals surface area contributed by atoms with E-state index in [0.29, 0.717) is 23.7 Å². The average Bonchev–Trinajstić information content (AvgIpc) is 2.82. The molecule has 2 amide bonds. The molecule has 23 heavy (non-hydrogen) atoms. The molecule has 2 fully saturated rings. The van der Waals surface area contributed by atoms with E-state index in [2.05, 4.69) is 57.3 Å². The van der Waals surface area contributed by atoms with Crippen LogP contribution in [0.4, 0.5) is 0 Å². The van der Waals surface area contributed by atoms with Gasteiger partial charge in [-0.15, -0.1) is 0 Å². The van der Waals surface area contributed by atoms with Gasteiger partial charge in [0.1, 0.15) is 0 Å². The van der Waals surface area contributed by atoms with Crippen LogP contribution in [0.1, 0.15) is 50.7 Å². The van der Waals surface area contributed by atoms with Crippen molar-refractivity contribution in [2.45, 2.75) is 39.5 Å². The molecule has 3 nitrogen and oxygen atoms in total. The summed E-state index contributed by atoms with van der Waals surface area (Å²) in [5.74, 6) is 1.89. The third kappa shape index (κ3) is 1.82. The highest BCUT2D eigenvalue weighted by molar-refractivity contribution is 6.06. The maximum atomic E-state index is 12.5. The van der Waals surface area contributed by atoms with Gasteiger partial charge in [-0.2, -0.15) is 0 Å². The van der Waals surface area contributed by atoms with Crippen LogP contribution in [0.5, 0.6) is 0 Å². The minimum absolute atomic E-state index is 0.0441. The first kappa shape index (κ1) is 14.9. The van der Waals surface area contributed by atoms with Gasteiger partial charge in [0.15, 0.2) is 0 Å². The van der Waals surface area contributed by atoms with Crippen molar-refractivity contribution < 1.29 is 9.59 Å². The van der Waals surface area contributed by atoms with Crippen LogP contribution in [0.3, 0.4) is 0 Å². The molecule has 1 heterocycles. The molecule has 0 spiro atoms. The zero-order valence-corrected chi connectivity index (χ0v) is 14.2. The maximum absolute atomic E-state index is 12.5. The quantitative estimate of drug-likeness (QED) is 0.852. The van der Waals surface area contributed by atoms with Gasteiger partial charge in [0.05, 0.1) is 11.8 Å². The maximum Gasteiger partial charge on any atom is 0.231 e. The number of carbonyl (C=O) groups excluding carboxylic acids is 2. The van der Waals surface area contributed by atoms with Crippen LogP contribution in [0.2, 0.25) is 0 Å². The molecule has 1 saturated heterocycles. The molecule has 1 aliphatic heterocycles. The number of imide groups is 1. The molecule has 2 bridgehead atoms. The Kier molecular flexibility index (Phi) is 3.20. The van der Waals surface area contributed by atoms with Crippen molar-refractivity contribution in [2.24, 2.45) is 35.5 Å². The van der Waals surface area contributed by atoms with Crippen molar-refractivity contribution in [3.05, 3.63) is 35.4 Å².